The van der Waals surface area contributed by atoms with E-state index in [1.165, 1.54) is 0 Å². The fourth-order valence-electron chi connectivity index (χ4n) is 3.00. The molecule has 314 valence electrons. The van der Waals surface area contributed by atoms with Crippen molar-refractivity contribution in [3.63, 3.8) is 0 Å². The molecule has 0 rings (SSSR count). The largest absolute Gasteiger partial charge is 0.516 e. The second kappa shape index (κ2) is 40.5. The van der Waals surface area contributed by atoms with Crippen LogP contribution in [-0.4, -0.2) is 0 Å². The predicted octanol–water partition coefficient (Wildman–Crippen LogP) is 30.6. The second-order valence-electron chi connectivity index (χ2n) is 8.18. The van der Waals surface area contributed by atoms with Crippen molar-refractivity contribution in [2.45, 2.75) is 0 Å². The summed E-state index contributed by atoms with van der Waals surface area (Å²) < 4.78 is 0. The first-order valence-electron chi connectivity index (χ1n) is 11.7. The van der Waals surface area contributed by atoms with Gasteiger partial charge in [-0.05, 0) is 161 Å². The standard InChI is InChI=1S/H53P52/c1-28(2)41(27)48(42(29(3)4)30(5)6)51(47(39(23)24)40(25)26)52(49(43(31(7)8)32(9)10)44(33(11)12)34(13)14)50(45(35(15)16)36(17)18)46(37(19)20)38(21)22/h1H,2-27H2/q-1. The Morgan fingerprint density at radius 1 is 0.173 bits per heavy atom. The van der Waals surface area contributed by atoms with Crippen molar-refractivity contribution in [1.29, 1.82) is 0 Å². The lowest BCUT2D eigenvalue weighted by molar-refractivity contribution is 4.35. The molecule has 0 N–H and O–H groups in total. The van der Waals surface area contributed by atoms with Gasteiger partial charge in [-0.25, -0.2) is 6.99 Å². The second-order valence-corrected chi connectivity index (χ2v) is 221. The zero-order valence-corrected chi connectivity index (χ0v) is 80.1. The molecule has 0 saturated heterocycles. The van der Waals surface area contributed by atoms with Crippen LogP contribution < -0.4 is 0 Å². The molecule has 30 atom stereocenters. The van der Waals surface area contributed by atoms with Gasteiger partial charge in [0.05, 0.1) is 0 Å². The zero-order chi connectivity index (χ0) is 41.4. The van der Waals surface area contributed by atoms with Crippen molar-refractivity contribution in [2.24, 2.45) is 0 Å². The fraction of sp³-hybridized carbons (Fsp3) is 0. The summed E-state index contributed by atoms with van der Waals surface area (Å²) in [6.07, 6.45) is 0. The van der Waals surface area contributed by atoms with E-state index >= 15 is 0 Å². The van der Waals surface area contributed by atoms with Gasteiger partial charge in [0.25, 0.3) is 0 Å². The topological polar surface area (TPSA) is 0 Å². The fourth-order valence-corrected chi connectivity index (χ4v) is 730. The Morgan fingerprint density at radius 2 is 0.288 bits per heavy atom. The van der Waals surface area contributed by atoms with Crippen molar-refractivity contribution in [1.82, 2.24) is 0 Å². The Balaban J connectivity index is 9.73. The van der Waals surface area contributed by atoms with Crippen LogP contribution in [0.2, 0.25) is 0 Å². The van der Waals surface area contributed by atoms with Gasteiger partial charge in [-0.3, -0.25) is 0 Å². The van der Waals surface area contributed by atoms with Crippen LogP contribution in [0.5, 0.6) is 0 Å². The lowest BCUT2D eigenvalue weighted by atomic mass is 28.4. The summed E-state index contributed by atoms with van der Waals surface area (Å²) in [5.74, 6) is 0. The summed E-state index contributed by atoms with van der Waals surface area (Å²) in [5.41, 5.74) is 0. The van der Waals surface area contributed by atoms with Crippen LogP contribution in [-0.2, 0) is 0 Å². The quantitative estimate of drug-likeness (QED) is 0.0845. The Labute approximate surface area is 409 Å². The molecule has 0 aliphatic heterocycles. The molecule has 0 aliphatic rings. The summed E-state index contributed by atoms with van der Waals surface area (Å²) in [7, 11) is 95.1. The molecule has 0 aromatic heterocycles. The lowest BCUT2D eigenvalue weighted by Gasteiger charge is -2.59. The minimum absolute atomic E-state index is 0.138. The Bertz CT molecular complexity index is 776. The van der Waals surface area contributed by atoms with Gasteiger partial charge in [0, 0.05) is 0 Å². The highest BCUT2D eigenvalue weighted by Gasteiger charge is 2.59. The molecule has 0 aromatic carbocycles. The van der Waals surface area contributed by atoms with Gasteiger partial charge < -0.3 is 8.93 Å². The first-order valence-corrected chi connectivity index (χ1v) is 106. The van der Waals surface area contributed by atoms with Crippen molar-refractivity contribution in [3.05, 3.63) is 0 Å². The van der Waals surface area contributed by atoms with Crippen molar-refractivity contribution in [3.8, 4) is 0 Å². The minimum atomic E-state index is -0.298. The van der Waals surface area contributed by atoms with Crippen LogP contribution >= 0.6 is 416 Å². The third-order valence-electron chi connectivity index (χ3n) is 4.48. The van der Waals surface area contributed by atoms with Crippen molar-refractivity contribution < 1.29 is 0 Å². The van der Waals surface area contributed by atoms with Gasteiger partial charge in [0.15, 0.2) is 0 Å². The molecule has 0 nitrogen and oxygen atoms in total. The summed E-state index contributed by atoms with van der Waals surface area (Å²) in [4.78, 5) is 0. The summed E-state index contributed by atoms with van der Waals surface area (Å²) in [5, 5.41) is 0. The van der Waals surface area contributed by atoms with E-state index < -0.39 is 0 Å². The Kier molecular flexibility index (Phi) is 57.9. The van der Waals surface area contributed by atoms with E-state index in [1.807, 2.05) is 0 Å². The molecule has 0 heterocycles. The smallest absolute Gasteiger partial charge is 0.0000155 e. The van der Waals surface area contributed by atoms with Gasteiger partial charge in [0.1, 0.15) is 0 Å². The van der Waals surface area contributed by atoms with Crippen molar-refractivity contribution in [2.75, 3.05) is 0 Å². The molecule has 0 aliphatic carbocycles. The van der Waals surface area contributed by atoms with Gasteiger partial charge in [-0.1, -0.05) is 6.99 Å². The van der Waals surface area contributed by atoms with E-state index in [0.29, 0.717) is 0 Å². The normalized spacial score (nSPS) is 16.6. The monoisotopic (exact) mass is 1660 g/mol. The van der Waals surface area contributed by atoms with Gasteiger partial charge in [0.2, 0.25) is 0 Å². The molecule has 0 fully saturated rings. The maximum absolute atomic E-state index is 4.45. The van der Waals surface area contributed by atoms with E-state index in [1.54, 1.807) is 0 Å². The average molecular weight is 1660 g/mol. The van der Waals surface area contributed by atoms with Crippen LogP contribution in [0.15, 0.2) is 0 Å². The summed E-state index contributed by atoms with van der Waals surface area (Å²) in [6, 6.07) is 0. The molecular formula is H53P52-. The maximum atomic E-state index is 4.45. The van der Waals surface area contributed by atoms with E-state index in [2.05, 4.69) is 241 Å². The van der Waals surface area contributed by atoms with E-state index in [-0.39, 0.29) is 175 Å². The lowest BCUT2D eigenvalue weighted by Crippen LogP contribution is -1.71. The van der Waals surface area contributed by atoms with Gasteiger partial charge in [-0.2, -0.15) is 0 Å². The highest BCUT2D eigenvalue weighted by Crippen LogP contribution is 3.46. The Morgan fingerprint density at radius 3 is 0.423 bits per heavy atom. The molecule has 0 spiro atoms. The minimum Gasteiger partial charge on any atom is -0.516 e. The molecule has 0 radical (unpaired) electrons. The average Bonchev–Trinajstić information content (AvgIpc) is 2.92. The van der Waals surface area contributed by atoms with Crippen LogP contribution in [0.4, 0.5) is 0 Å². The van der Waals surface area contributed by atoms with Gasteiger partial charge >= 0.3 is 0 Å². The van der Waals surface area contributed by atoms with Crippen LogP contribution in [0, 0.1) is 0 Å². The first-order chi connectivity index (χ1) is 23.6. The highest BCUT2D eigenvalue weighted by molar-refractivity contribution is 9.52. The van der Waals surface area contributed by atoms with Crippen LogP contribution in [0.1, 0.15) is 0 Å². The van der Waals surface area contributed by atoms with Crippen molar-refractivity contribution >= 4 is 416 Å². The number of hydrogen-bond acceptors (Lipinski definition) is 0. The first kappa shape index (κ1) is 74.4. The van der Waals surface area contributed by atoms with Crippen LogP contribution in [0.3, 0.4) is 0 Å². The molecule has 0 amide bonds. The van der Waals surface area contributed by atoms with E-state index in [9.17, 15) is 0 Å². The molecule has 0 aromatic rings. The number of hydrogen-bond donors (Lipinski definition) is 0. The molecule has 30 unspecified atom stereocenters. The molecule has 0 bridgehead atoms. The highest BCUT2D eigenvalue weighted by atomic mass is 33.6. The summed E-state index contributed by atoms with van der Waals surface area (Å²) >= 11 is 0. The predicted molar refractivity (Wildman–Crippen MR) is 434 cm³/mol. The molecule has 52 heavy (non-hydrogen) atoms. The third-order valence-corrected chi connectivity index (χ3v) is 363. The molecular weight excluding hydrogens is 1610 g/mol. The summed E-state index contributed by atoms with van der Waals surface area (Å²) in [6.45, 7) is -4.85. The zero-order valence-electron chi connectivity index (χ0n) is 26.7. The third kappa shape index (κ3) is 26.3. The molecule has 0 saturated carbocycles. The van der Waals surface area contributed by atoms with E-state index in [0.717, 1.165) is 0 Å². The maximum Gasteiger partial charge on any atom is -0.0000155 e. The van der Waals surface area contributed by atoms with Crippen LogP contribution in [0.25, 0.3) is 0 Å². The molecule has 52 heteroatoms. The van der Waals surface area contributed by atoms with Gasteiger partial charge in [-0.15, -0.1) is 232 Å². The Hall–Kier alpha value is 22.4. The van der Waals surface area contributed by atoms with E-state index in [4.69, 9.17) is 0 Å². The SMILES string of the molecule is [PH-]P(P)P(P)P(P(P(P)P)P(P)P)P(P(P(P)P)P(P)P)P(P(P(P(P)P)P(P)P)P(P(P)P)P(P)P)P(P(P(P)P)P(P)P)P(P(P)P)P(P)P. The number of rotatable bonds is 24.